The SMILES string of the molecule is COC(=O)[C@H](Cc1ccccc1)O[C@@H]1CCCCO1. The Balaban J connectivity index is 1.97. The van der Waals surface area contributed by atoms with E-state index in [0.717, 1.165) is 24.8 Å². The third-order valence-corrected chi connectivity index (χ3v) is 3.18. The van der Waals surface area contributed by atoms with Gasteiger partial charge in [-0.1, -0.05) is 30.3 Å². The van der Waals surface area contributed by atoms with E-state index in [1.165, 1.54) is 7.11 Å². The van der Waals surface area contributed by atoms with Gasteiger partial charge in [-0.05, 0) is 24.8 Å². The smallest absolute Gasteiger partial charge is 0.335 e. The van der Waals surface area contributed by atoms with Gasteiger partial charge in [0.2, 0.25) is 0 Å². The summed E-state index contributed by atoms with van der Waals surface area (Å²) in [6.07, 6.45) is 2.58. The second-order valence-electron chi connectivity index (χ2n) is 4.63. The van der Waals surface area contributed by atoms with Gasteiger partial charge in [-0.25, -0.2) is 4.79 Å². The van der Waals surface area contributed by atoms with Crippen LogP contribution in [-0.4, -0.2) is 32.1 Å². The topological polar surface area (TPSA) is 44.8 Å². The maximum absolute atomic E-state index is 11.8. The predicted molar refractivity (Wildman–Crippen MR) is 70.6 cm³/mol. The monoisotopic (exact) mass is 264 g/mol. The van der Waals surface area contributed by atoms with Crippen LogP contribution in [-0.2, 0) is 25.4 Å². The highest BCUT2D eigenvalue weighted by molar-refractivity contribution is 5.75. The van der Waals surface area contributed by atoms with Gasteiger partial charge in [-0.2, -0.15) is 0 Å². The van der Waals surface area contributed by atoms with Crippen molar-refractivity contribution in [1.29, 1.82) is 0 Å². The Kier molecular flexibility index (Phi) is 5.36. The third kappa shape index (κ3) is 4.33. The van der Waals surface area contributed by atoms with Crippen molar-refractivity contribution in [2.45, 2.75) is 38.1 Å². The van der Waals surface area contributed by atoms with Crippen molar-refractivity contribution in [2.75, 3.05) is 13.7 Å². The van der Waals surface area contributed by atoms with Gasteiger partial charge < -0.3 is 14.2 Å². The Bertz CT molecular complexity index is 384. The van der Waals surface area contributed by atoms with Crippen molar-refractivity contribution >= 4 is 5.97 Å². The first-order chi connectivity index (χ1) is 9.29. The largest absolute Gasteiger partial charge is 0.467 e. The standard InChI is InChI=1S/C15H20O4/c1-17-15(16)13(11-12-7-3-2-4-8-12)19-14-9-5-6-10-18-14/h2-4,7-8,13-14H,5-6,9-11H2,1H3/t13-,14+/m0/s1. The molecule has 4 heteroatoms. The number of hydrogen-bond acceptors (Lipinski definition) is 4. The summed E-state index contributed by atoms with van der Waals surface area (Å²) in [5.41, 5.74) is 1.05. The van der Waals surface area contributed by atoms with E-state index < -0.39 is 6.10 Å². The number of esters is 1. The molecule has 2 rings (SSSR count). The van der Waals surface area contributed by atoms with E-state index in [-0.39, 0.29) is 12.3 Å². The average Bonchev–Trinajstić information content (AvgIpc) is 2.48. The maximum Gasteiger partial charge on any atom is 0.335 e. The minimum absolute atomic E-state index is 0.290. The maximum atomic E-state index is 11.8. The first-order valence-corrected chi connectivity index (χ1v) is 6.68. The minimum Gasteiger partial charge on any atom is -0.467 e. The second kappa shape index (κ2) is 7.26. The van der Waals surface area contributed by atoms with Gasteiger partial charge in [0.1, 0.15) is 0 Å². The molecule has 1 aromatic rings. The molecule has 0 saturated carbocycles. The molecule has 19 heavy (non-hydrogen) atoms. The van der Waals surface area contributed by atoms with Crippen molar-refractivity contribution in [3.05, 3.63) is 35.9 Å². The van der Waals surface area contributed by atoms with Crippen molar-refractivity contribution < 1.29 is 19.0 Å². The number of methoxy groups -OCH3 is 1. The summed E-state index contributed by atoms with van der Waals surface area (Å²) in [7, 11) is 1.38. The molecule has 0 unspecified atom stereocenters. The van der Waals surface area contributed by atoms with Gasteiger partial charge in [0.15, 0.2) is 12.4 Å². The van der Waals surface area contributed by atoms with E-state index in [2.05, 4.69) is 0 Å². The Hall–Kier alpha value is -1.39. The van der Waals surface area contributed by atoms with Crippen LogP contribution in [0.25, 0.3) is 0 Å². The zero-order valence-electron chi connectivity index (χ0n) is 11.2. The van der Waals surface area contributed by atoms with Crippen molar-refractivity contribution in [3.63, 3.8) is 0 Å². The molecule has 1 aromatic carbocycles. The van der Waals surface area contributed by atoms with Crippen LogP contribution >= 0.6 is 0 Å². The molecule has 4 nitrogen and oxygen atoms in total. The van der Waals surface area contributed by atoms with Gasteiger partial charge in [0.05, 0.1) is 7.11 Å². The van der Waals surface area contributed by atoms with Gasteiger partial charge in [-0.15, -0.1) is 0 Å². The fourth-order valence-electron chi connectivity index (χ4n) is 2.15. The van der Waals surface area contributed by atoms with E-state index in [4.69, 9.17) is 14.2 Å². The molecule has 0 radical (unpaired) electrons. The lowest BCUT2D eigenvalue weighted by atomic mass is 10.1. The normalized spacial score (nSPS) is 20.8. The van der Waals surface area contributed by atoms with Crippen LogP contribution in [0.15, 0.2) is 30.3 Å². The summed E-state index contributed by atoms with van der Waals surface area (Å²) in [5.74, 6) is -0.349. The average molecular weight is 264 g/mol. The van der Waals surface area contributed by atoms with E-state index >= 15 is 0 Å². The van der Waals surface area contributed by atoms with E-state index in [0.29, 0.717) is 13.0 Å². The molecule has 0 amide bonds. The zero-order chi connectivity index (χ0) is 13.5. The van der Waals surface area contributed by atoms with Gasteiger partial charge in [0.25, 0.3) is 0 Å². The summed E-state index contributed by atoms with van der Waals surface area (Å²) >= 11 is 0. The van der Waals surface area contributed by atoms with Crippen LogP contribution in [0.3, 0.4) is 0 Å². The van der Waals surface area contributed by atoms with Crippen molar-refractivity contribution in [1.82, 2.24) is 0 Å². The fourth-order valence-corrected chi connectivity index (χ4v) is 2.15. The van der Waals surface area contributed by atoms with Gasteiger partial charge in [0, 0.05) is 13.0 Å². The minimum atomic E-state index is -0.601. The highest BCUT2D eigenvalue weighted by Gasteiger charge is 2.26. The Labute approximate surface area is 113 Å². The van der Waals surface area contributed by atoms with E-state index in [1.807, 2.05) is 30.3 Å². The highest BCUT2D eigenvalue weighted by atomic mass is 16.7. The number of carbonyl (C=O) groups is 1. The lowest BCUT2D eigenvalue weighted by molar-refractivity contribution is -0.202. The fraction of sp³-hybridized carbons (Fsp3) is 0.533. The zero-order valence-corrected chi connectivity index (χ0v) is 11.2. The molecule has 0 N–H and O–H groups in total. The summed E-state index contributed by atoms with van der Waals surface area (Å²) in [4.78, 5) is 11.8. The molecule has 0 aliphatic carbocycles. The van der Waals surface area contributed by atoms with Crippen LogP contribution in [0.1, 0.15) is 24.8 Å². The van der Waals surface area contributed by atoms with Crippen LogP contribution < -0.4 is 0 Å². The molecular weight excluding hydrogens is 244 g/mol. The molecule has 104 valence electrons. The summed E-state index contributed by atoms with van der Waals surface area (Å²) in [6, 6.07) is 9.78. The number of hydrogen-bond donors (Lipinski definition) is 0. The summed E-state index contributed by atoms with van der Waals surface area (Å²) in [5, 5.41) is 0. The lowest BCUT2D eigenvalue weighted by Crippen LogP contribution is -2.35. The molecule has 1 aliphatic rings. The highest BCUT2D eigenvalue weighted by Crippen LogP contribution is 2.18. The summed E-state index contributed by atoms with van der Waals surface area (Å²) < 4.78 is 16.1. The molecule has 0 spiro atoms. The van der Waals surface area contributed by atoms with E-state index in [9.17, 15) is 4.79 Å². The van der Waals surface area contributed by atoms with Crippen molar-refractivity contribution in [2.24, 2.45) is 0 Å². The molecule has 1 fully saturated rings. The first-order valence-electron chi connectivity index (χ1n) is 6.68. The molecule has 1 heterocycles. The van der Waals surface area contributed by atoms with Crippen LogP contribution in [0.4, 0.5) is 0 Å². The number of ether oxygens (including phenoxy) is 3. The van der Waals surface area contributed by atoms with Gasteiger partial charge in [-0.3, -0.25) is 0 Å². The van der Waals surface area contributed by atoms with Crippen molar-refractivity contribution in [3.8, 4) is 0 Å². The molecule has 0 aromatic heterocycles. The van der Waals surface area contributed by atoms with Crippen LogP contribution in [0, 0.1) is 0 Å². The first kappa shape index (κ1) is 14.0. The molecule has 0 bridgehead atoms. The quantitative estimate of drug-likeness (QED) is 0.766. The molecular formula is C15H20O4. The predicted octanol–water partition coefficient (Wildman–Crippen LogP) is 2.31. The van der Waals surface area contributed by atoms with E-state index in [1.54, 1.807) is 0 Å². The Morgan fingerprint density at radius 3 is 2.79 bits per heavy atom. The molecule has 1 saturated heterocycles. The Morgan fingerprint density at radius 1 is 1.37 bits per heavy atom. The second-order valence-corrected chi connectivity index (χ2v) is 4.63. The van der Waals surface area contributed by atoms with Gasteiger partial charge >= 0.3 is 5.97 Å². The lowest BCUT2D eigenvalue weighted by Gasteiger charge is -2.26. The molecule has 2 atom stereocenters. The number of rotatable bonds is 5. The Morgan fingerprint density at radius 2 is 2.16 bits per heavy atom. The third-order valence-electron chi connectivity index (χ3n) is 3.18. The molecule has 1 aliphatic heterocycles. The van der Waals surface area contributed by atoms with Crippen LogP contribution in [0.5, 0.6) is 0 Å². The van der Waals surface area contributed by atoms with Crippen LogP contribution in [0.2, 0.25) is 0 Å². The number of carbonyl (C=O) groups excluding carboxylic acids is 1. The number of benzene rings is 1. The summed E-state index contributed by atoms with van der Waals surface area (Å²) in [6.45, 7) is 0.698.